The predicted molar refractivity (Wildman–Crippen MR) is 125 cm³/mol. The van der Waals surface area contributed by atoms with E-state index in [1.807, 2.05) is 55.5 Å². The van der Waals surface area contributed by atoms with Crippen molar-refractivity contribution in [2.75, 3.05) is 13.2 Å². The second-order valence-corrected chi connectivity index (χ2v) is 7.94. The van der Waals surface area contributed by atoms with Crippen molar-refractivity contribution in [3.05, 3.63) is 100.0 Å². The van der Waals surface area contributed by atoms with Gasteiger partial charge in [-0.1, -0.05) is 54.6 Å². The first-order valence-electron chi connectivity index (χ1n) is 10.8. The van der Waals surface area contributed by atoms with Crippen LogP contribution in [0.5, 0.6) is 11.5 Å². The van der Waals surface area contributed by atoms with Crippen LogP contribution in [-0.4, -0.2) is 28.9 Å². The molecular weight excluding hydrogens is 418 g/mol. The van der Waals surface area contributed by atoms with Crippen LogP contribution in [0.4, 0.5) is 0 Å². The summed E-state index contributed by atoms with van der Waals surface area (Å²) in [7, 11) is 0. The van der Waals surface area contributed by atoms with Crippen LogP contribution in [0, 0.1) is 0 Å². The van der Waals surface area contributed by atoms with E-state index in [1.54, 1.807) is 24.3 Å². The Labute approximate surface area is 190 Å². The van der Waals surface area contributed by atoms with Gasteiger partial charge in [0.05, 0.1) is 18.0 Å². The predicted octanol–water partition coefficient (Wildman–Crippen LogP) is 3.71. The molecule has 1 unspecified atom stereocenters. The van der Waals surface area contributed by atoms with Gasteiger partial charge in [-0.3, -0.25) is 9.59 Å². The molecular formula is C26H23N3O4. The van der Waals surface area contributed by atoms with Crippen molar-refractivity contribution in [3.8, 4) is 11.5 Å². The molecule has 2 heterocycles. The highest BCUT2D eigenvalue weighted by molar-refractivity contribution is 6.04. The summed E-state index contributed by atoms with van der Waals surface area (Å²) in [5.41, 5.74) is 1.80. The molecule has 7 heteroatoms. The number of benzene rings is 3. The van der Waals surface area contributed by atoms with Gasteiger partial charge in [-0.05, 0) is 36.2 Å². The van der Waals surface area contributed by atoms with E-state index in [0.29, 0.717) is 35.5 Å². The van der Waals surface area contributed by atoms with Crippen molar-refractivity contribution in [1.82, 2.24) is 15.1 Å². The number of carbonyl (C=O) groups is 1. The Bertz CT molecular complexity index is 1380. The van der Waals surface area contributed by atoms with Crippen LogP contribution in [0.1, 0.15) is 34.6 Å². The third-order valence-corrected chi connectivity index (χ3v) is 5.67. The van der Waals surface area contributed by atoms with Gasteiger partial charge in [0.25, 0.3) is 11.5 Å². The molecule has 1 N–H and O–H groups in total. The first kappa shape index (κ1) is 20.8. The minimum absolute atomic E-state index is 0.213. The summed E-state index contributed by atoms with van der Waals surface area (Å²) >= 11 is 0. The van der Waals surface area contributed by atoms with E-state index >= 15 is 0 Å². The Balaban J connectivity index is 1.47. The van der Waals surface area contributed by atoms with Gasteiger partial charge >= 0.3 is 0 Å². The molecule has 33 heavy (non-hydrogen) atoms. The molecule has 7 nitrogen and oxygen atoms in total. The fraction of sp³-hybridized carbons (Fsp3) is 0.192. The van der Waals surface area contributed by atoms with E-state index in [2.05, 4.69) is 10.4 Å². The molecule has 0 aliphatic carbocycles. The Morgan fingerprint density at radius 3 is 2.45 bits per heavy atom. The third-order valence-electron chi connectivity index (χ3n) is 5.67. The molecule has 1 aliphatic rings. The summed E-state index contributed by atoms with van der Waals surface area (Å²) < 4.78 is 12.6. The number of nitrogens with one attached hydrogen (secondary N) is 1. The van der Waals surface area contributed by atoms with Crippen molar-refractivity contribution >= 4 is 16.7 Å². The second kappa shape index (κ2) is 8.78. The van der Waals surface area contributed by atoms with Gasteiger partial charge in [0, 0.05) is 5.39 Å². The molecule has 1 amide bonds. The van der Waals surface area contributed by atoms with Gasteiger partial charge < -0.3 is 14.8 Å². The van der Waals surface area contributed by atoms with Crippen molar-refractivity contribution < 1.29 is 14.3 Å². The summed E-state index contributed by atoms with van der Waals surface area (Å²) in [6.07, 6.45) is 0. The molecule has 1 aliphatic heterocycles. The number of aromatic nitrogens is 2. The molecule has 4 aromatic rings. The van der Waals surface area contributed by atoms with E-state index in [1.165, 1.54) is 4.68 Å². The topological polar surface area (TPSA) is 82.5 Å². The van der Waals surface area contributed by atoms with Crippen LogP contribution in [0.2, 0.25) is 0 Å². The quantitative estimate of drug-likeness (QED) is 0.511. The van der Waals surface area contributed by atoms with Crippen LogP contribution in [0.15, 0.2) is 77.6 Å². The first-order valence-corrected chi connectivity index (χ1v) is 10.8. The maximum atomic E-state index is 13.3. The molecule has 5 rings (SSSR count). The highest BCUT2D eigenvalue weighted by Gasteiger charge is 2.20. The van der Waals surface area contributed by atoms with Crippen LogP contribution in [0.25, 0.3) is 10.8 Å². The van der Waals surface area contributed by atoms with Crippen molar-refractivity contribution in [2.45, 2.75) is 19.5 Å². The number of ether oxygens (including phenoxy) is 2. The Hall–Kier alpha value is -4.13. The molecule has 0 saturated carbocycles. The molecule has 1 atom stereocenters. The summed E-state index contributed by atoms with van der Waals surface area (Å²) in [4.78, 5) is 26.3. The largest absolute Gasteiger partial charge is 0.486 e. The van der Waals surface area contributed by atoms with Crippen LogP contribution in [-0.2, 0) is 6.54 Å². The summed E-state index contributed by atoms with van der Waals surface area (Å²) in [6.45, 7) is 3.19. The van der Waals surface area contributed by atoms with Gasteiger partial charge in [0.2, 0.25) is 0 Å². The number of rotatable bonds is 5. The minimum atomic E-state index is -0.351. The zero-order valence-electron chi connectivity index (χ0n) is 18.2. The standard InChI is InChI=1S/C26H23N3O4/c1-17(19-11-12-22-23(15-19)33-14-13-32-22)27-25(30)24-20-9-5-6-10-21(20)26(31)29(28-24)16-18-7-3-2-4-8-18/h2-12,15,17H,13-14,16H2,1H3,(H,27,30). The number of hydrogen-bond acceptors (Lipinski definition) is 5. The van der Waals surface area contributed by atoms with E-state index in [9.17, 15) is 9.59 Å². The lowest BCUT2D eigenvalue weighted by Crippen LogP contribution is -2.32. The molecule has 0 radical (unpaired) electrons. The SMILES string of the molecule is CC(NC(=O)c1nn(Cc2ccccc2)c(=O)c2ccccc12)c1ccc2c(c1)OCCO2. The molecule has 0 spiro atoms. The van der Waals surface area contributed by atoms with E-state index in [-0.39, 0.29) is 29.7 Å². The first-order chi connectivity index (χ1) is 16.1. The van der Waals surface area contributed by atoms with Gasteiger partial charge in [-0.2, -0.15) is 5.10 Å². The van der Waals surface area contributed by atoms with Crippen molar-refractivity contribution in [2.24, 2.45) is 0 Å². The minimum Gasteiger partial charge on any atom is -0.486 e. The Kier molecular flexibility index (Phi) is 5.52. The second-order valence-electron chi connectivity index (χ2n) is 7.94. The summed E-state index contributed by atoms with van der Waals surface area (Å²) in [6, 6.07) is 22.0. The fourth-order valence-corrected chi connectivity index (χ4v) is 3.94. The van der Waals surface area contributed by atoms with Crippen LogP contribution < -0.4 is 20.3 Å². The maximum absolute atomic E-state index is 13.3. The lowest BCUT2D eigenvalue weighted by molar-refractivity contribution is 0.0934. The van der Waals surface area contributed by atoms with Crippen LogP contribution in [0.3, 0.4) is 0 Å². The number of hydrogen-bond donors (Lipinski definition) is 1. The lowest BCUT2D eigenvalue weighted by atomic mass is 10.1. The monoisotopic (exact) mass is 441 g/mol. The number of nitrogens with zero attached hydrogens (tertiary/aromatic N) is 2. The van der Waals surface area contributed by atoms with E-state index in [0.717, 1.165) is 11.1 Å². The van der Waals surface area contributed by atoms with Crippen molar-refractivity contribution in [3.63, 3.8) is 0 Å². The van der Waals surface area contributed by atoms with Crippen LogP contribution >= 0.6 is 0 Å². The zero-order chi connectivity index (χ0) is 22.8. The third kappa shape index (κ3) is 4.17. The molecule has 0 bridgehead atoms. The lowest BCUT2D eigenvalue weighted by Gasteiger charge is -2.21. The van der Waals surface area contributed by atoms with Gasteiger partial charge in [0.1, 0.15) is 13.2 Å². The van der Waals surface area contributed by atoms with Crippen molar-refractivity contribution in [1.29, 1.82) is 0 Å². The fourth-order valence-electron chi connectivity index (χ4n) is 3.94. The zero-order valence-corrected chi connectivity index (χ0v) is 18.2. The molecule has 0 fully saturated rings. The summed E-state index contributed by atoms with van der Waals surface area (Å²) in [5, 5.41) is 8.45. The van der Waals surface area contributed by atoms with Gasteiger partial charge in [-0.25, -0.2) is 4.68 Å². The average Bonchev–Trinajstić information content (AvgIpc) is 2.86. The normalized spacial score (nSPS) is 13.5. The number of fused-ring (bicyclic) bond motifs is 2. The average molecular weight is 441 g/mol. The molecule has 166 valence electrons. The Morgan fingerprint density at radius 1 is 0.970 bits per heavy atom. The number of carbonyl (C=O) groups excluding carboxylic acids is 1. The molecule has 0 saturated heterocycles. The Morgan fingerprint density at radius 2 is 1.67 bits per heavy atom. The highest BCUT2D eigenvalue weighted by Crippen LogP contribution is 2.32. The van der Waals surface area contributed by atoms with E-state index < -0.39 is 0 Å². The summed E-state index contributed by atoms with van der Waals surface area (Å²) in [5.74, 6) is 1.01. The van der Waals surface area contributed by atoms with Gasteiger partial charge in [0.15, 0.2) is 17.2 Å². The molecule has 3 aromatic carbocycles. The maximum Gasteiger partial charge on any atom is 0.274 e. The van der Waals surface area contributed by atoms with E-state index in [4.69, 9.17) is 9.47 Å². The number of amides is 1. The smallest absolute Gasteiger partial charge is 0.274 e. The highest BCUT2D eigenvalue weighted by atomic mass is 16.6. The van der Waals surface area contributed by atoms with Gasteiger partial charge in [-0.15, -0.1) is 0 Å². The molecule has 1 aromatic heterocycles.